The van der Waals surface area contributed by atoms with Crippen molar-refractivity contribution in [2.45, 2.75) is 19.3 Å². The third-order valence-electron chi connectivity index (χ3n) is 4.76. The molecule has 0 spiro atoms. The molecule has 0 bridgehead atoms. The molecular formula is C21H20BrNO3. The van der Waals surface area contributed by atoms with E-state index in [-0.39, 0.29) is 5.97 Å². The topological polar surface area (TPSA) is 38.8 Å². The summed E-state index contributed by atoms with van der Waals surface area (Å²) >= 11 is 3.43. The van der Waals surface area contributed by atoms with Crippen LogP contribution in [0.5, 0.6) is 0 Å². The number of ether oxygens (including phenoxy) is 2. The van der Waals surface area contributed by atoms with Crippen LogP contribution in [0.15, 0.2) is 64.7 Å². The molecule has 0 aromatic heterocycles. The largest absolute Gasteiger partial charge is 0.428 e. The first-order valence-corrected chi connectivity index (χ1v) is 9.54. The van der Waals surface area contributed by atoms with Crippen LogP contribution in [0.4, 0.5) is 0 Å². The summed E-state index contributed by atoms with van der Waals surface area (Å²) < 4.78 is 12.2. The molecule has 0 aliphatic carbocycles. The standard InChI is InChI=1S/C21H20BrNO3/c22-17-6-7-18-19(12-17)21(26-20(18)24)25-14-16-8-10-23(11-9-16)13-15-4-2-1-3-5-15/h1-8,12,21H,9-11,13-14H2. The predicted molar refractivity (Wildman–Crippen MR) is 103 cm³/mol. The van der Waals surface area contributed by atoms with Gasteiger partial charge in [-0.05, 0) is 35.8 Å². The average Bonchev–Trinajstić information content (AvgIpc) is 2.97. The molecule has 2 aromatic rings. The number of halogens is 1. The molecule has 0 fully saturated rings. The van der Waals surface area contributed by atoms with E-state index < -0.39 is 6.29 Å². The number of esters is 1. The fraction of sp³-hybridized carbons (Fsp3) is 0.286. The Bertz CT molecular complexity index is 834. The van der Waals surface area contributed by atoms with Crippen molar-refractivity contribution >= 4 is 21.9 Å². The summed E-state index contributed by atoms with van der Waals surface area (Å²) in [5.41, 5.74) is 3.98. The highest BCUT2D eigenvalue weighted by Gasteiger charge is 2.32. The maximum atomic E-state index is 11.9. The van der Waals surface area contributed by atoms with E-state index in [2.05, 4.69) is 51.2 Å². The van der Waals surface area contributed by atoms with E-state index in [9.17, 15) is 4.79 Å². The first-order chi connectivity index (χ1) is 12.7. The number of hydrogen-bond donors (Lipinski definition) is 0. The van der Waals surface area contributed by atoms with E-state index in [1.165, 1.54) is 11.1 Å². The van der Waals surface area contributed by atoms with Crippen LogP contribution in [0.3, 0.4) is 0 Å². The number of hydrogen-bond acceptors (Lipinski definition) is 4. The Balaban J connectivity index is 1.33. The molecule has 2 aliphatic rings. The van der Waals surface area contributed by atoms with Gasteiger partial charge >= 0.3 is 5.97 Å². The first kappa shape index (κ1) is 17.5. The highest BCUT2D eigenvalue weighted by Crippen LogP contribution is 2.34. The Kier molecular flexibility index (Phi) is 5.20. The lowest BCUT2D eigenvalue weighted by molar-refractivity contribution is -0.0970. The van der Waals surface area contributed by atoms with E-state index in [0.717, 1.165) is 36.1 Å². The monoisotopic (exact) mass is 413 g/mol. The van der Waals surface area contributed by atoms with Crippen LogP contribution in [0, 0.1) is 0 Å². The molecule has 1 unspecified atom stereocenters. The molecule has 0 radical (unpaired) electrons. The molecule has 0 amide bonds. The minimum atomic E-state index is -0.613. The molecule has 5 heteroatoms. The summed E-state index contributed by atoms with van der Waals surface area (Å²) in [5.74, 6) is -0.316. The number of fused-ring (bicyclic) bond motifs is 1. The molecule has 4 nitrogen and oxygen atoms in total. The molecule has 0 saturated heterocycles. The van der Waals surface area contributed by atoms with Gasteiger partial charge in [0.1, 0.15) is 0 Å². The summed E-state index contributed by atoms with van der Waals surface area (Å²) in [5, 5.41) is 0. The molecule has 4 rings (SSSR count). The minimum Gasteiger partial charge on any atom is -0.428 e. The maximum Gasteiger partial charge on any atom is 0.341 e. The smallest absolute Gasteiger partial charge is 0.341 e. The van der Waals surface area contributed by atoms with Crippen molar-refractivity contribution in [2.75, 3.05) is 19.7 Å². The summed E-state index contributed by atoms with van der Waals surface area (Å²) in [6.07, 6.45) is 2.59. The van der Waals surface area contributed by atoms with Gasteiger partial charge < -0.3 is 9.47 Å². The highest BCUT2D eigenvalue weighted by atomic mass is 79.9. The molecule has 0 N–H and O–H groups in total. The van der Waals surface area contributed by atoms with Crippen LogP contribution in [0.25, 0.3) is 0 Å². The number of nitrogens with zero attached hydrogens (tertiary/aromatic N) is 1. The summed E-state index contributed by atoms with van der Waals surface area (Å²) in [6.45, 7) is 3.38. The number of rotatable bonds is 5. The minimum absolute atomic E-state index is 0.316. The second-order valence-electron chi connectivity index (χ2n) is 6.61. The van der Waals surface area contributed by atoms with Crippen LogP contribution in [-0.2, 0) is 16.0 Å². The Morgan fingerprint density at radius 1 is 1.19 bits per heavy atom. The molecule has 134 valence electrons. The lowest BCUT2D eigenvalue weighted by Gasteiger charge is -2.26. The first-order valence-electron chi connectivity index (χ1n) is 8.75. The zero-order valence-corrected chi connectivity index (χ0v) is 15.9. The van der Waals surface area contributed by atoms with Gasteiger partial charge in [-0.2, -0.15) is 0 Å². The lowest BCUT2D eigenvalue weighted by atomic mass is 10.1. The summed E-state index contributed by atoms with van der Waals surface area (Å²) in [4.78, 5) is 14.3. The summed E-state index contributed by atoms with van der Waals surface area (Å²) in [7, 11) is 0. The normalized spacial score (nSPS) is 19.8. The van der Waals surface area contributed by atoms with Gasteiger partial charge in [0.05, 0.1) is 12.2 Å². The zero-order valence-electron chi connectivity index (χ0n) is 14.4. The third-order valence-corrected chi connectivity index (χ3v) is 5.25. The van der Waals surface area contributed by atoms with Gasteiger partial charge in [0.15, 0.2) is 0 Å². The number of carbonyl (C=O) groups is 1. The van der Waals surface area contributed by atoms with Gasteiger partial charge in [0.2, 0.25) is 6.29 Å². The zero-order chi connectivity index (χ0) is 17.9. The van der Waals surface area contributed by atoms with E-state index >= 15 is 0 Å². The van der Waals surface area contributed by atoms with Crippen LogP contribution in [0.1, 0.15) is 34.2 Å². The predicted octanol–water partition coefficient (Wildman–Crippen LogP) is 4.47. The van der Waals surface area contributed by atoms with Crippen molar-refractivity contribution < 1.29 is 14.3 Å². The van der Waals surface area contributed by atoms with Crippen LogP contribution in [0.2, 0.25) is 0 Å². The Morgan fingerprint density at radius 3 is 2.81 bits per heavy atom. The van der Waals surface area contributed by atoms with Gasteiger partial charge in [0.25, 0.3) is 0 Å². The van der Waals surface area contributed by atoms with Crippen molar-refractivity contribution in [2.24, 2.45) is 0 Å². The summed E-state index contributed by atoms with van der Waals surface area (Å²) in [6, 6.07) is 16.0. The van der Waals surface area contributed by atoms with E-state index in [4.69, 9.17) is 9.47 Å². The number of benzene rings is 2. The maximum absolute atomic E-state index is 11.9. The SMILES string of the molecule is O=C1OC(OCC2=CCN(Cc3ccccc3)CC2)c2cc(Br)ccc21. The molecule has 26 heavy (non-hydrogen) atoms. The van der Waals surface area contributed by atoms with E-state index in [0.29, 0.717) is 12.2 Å². The molecule has 0 saturated carbocycles. The van der Waals surface area contributed by atoms with Gasteiger partial charge in [0, 0.05) is 29.7 Å². The van der Waals surface area contributed by atoms with Gasteiger partial charge in [-0.3, -0.25) is 4.90 Å². The Morgan fingerprint density at radius 2 is 2.04 bits per heavy atom. The third kappa shape index (κ3) is 3.90. The fourth-order valence-corrected chi connectivity index (χ4v) is 3.69. The van der Waals surface area contributed by atoms with Crippen molar-refractivity contribution in [1.29, 1.82) is 0 Å². The van der Waals surface area contributed by atoms with Crippen molar-refractivity contribution in [3.05, 3.63) is 81.3 Å². The molecule has 1 atom stereocenters. The second-order valence-corrected chi connectivity index (χ2v) is 7.53. The Hall–Kier alpha value is -1.95. The number of carbonyl (C=O) groups excluding carboxylic acids is 1. The van der Waals surface area contributed by atoms with Crippen LogP contribution >= 0.6 is 15.9 Å². The van der Waals surface area contributed by atoms with Gasteiger partial charge in [-0.25, -0.2) is 4.79 Å². The van der Waals surface area contributed by atoms with Crippen molar-refractivity contribution in [1.82, 2.24) is 4.90 Å². The van der Waals surface area contributed by atoms with Crippen LogP contribution < -0.4 is 0 Å². The molecule has 2 aromatic carbocycles. The van der Waals surface area contributed by atoms with E-state index in [1.54, 1.807) is 6.07 Å². The highest BCUT2D eigenvalue weighted by molar-refractivity contribution is 9.10. The molecule has 2 heterocycles. The quantitative estimate of drug-likeness (QED) is 0.535. The molecule has 2 aliphatic heterocycles. The second kappa shape index (κ2) is 7.74. The lowest BCUT2D eigenvalue weighted by Crippen LogP contribution is -2.29. The molecular weight excluding hydrogens is 394 g/mol. The Labute approximate surface area is 161 Å². The van der Waals surface area contributed by atoms with E-state index in [1.807, 2.05) is 18.2 Å². The fourth-order valence-electron chi connectivity index (χ4n) is 3.31. The van der Waals surface area contributed by atoms with Gasteiger partial charge in [-0.15, -0.1) is 0 Å². The van der Waals surface area contributed by atoms with Gasteiger partial charge in [-0.1, -0.05) is 52.3 Å². The van der Waals surface area contributed by atoms with Crippen LogP contribution in [-0.4, -0.2) is 30.6 Å². The average molecular weight is 414 g/mol. The number of cyclic esters (lactones) is 1. The van der Waals surface area contributed by atoms with Crippen molar-refractivity contribution in [3.63, 3.8) is 0 Å². The van der Waals surface area contributed by atoms with Crippen molar-refractivity contribution in [3.8, 4) is 0 Å².